The molecule has 0 spiro atoms. The lowest BCUT2D eigenvalue weighted by atomic mass is 9.94. The summed E-state index contributed by atoms with van der Waals surface area (Å²) in [6.07, 6.45) is 0. The van der Waals surface area contributed by atoms with Gasteiger partial charge in [0.05, 0.1) is 0 Å². The van der Waals surface area contributed by atoms with Gasteiger partial charge in [0.2, 0.25) is 5.88 Å². The highest BCUT2D eigenvalue weighted by atomic mass is 16.3. The first-order valence-corrected chi connectivity index (χ1v) is 6.49. The van der Waals surface area contributed by atoms with E-state index in [1.54, 1.807) is 24.3 Å². The fourth-order valence-corrected chi connectivity index (χ4v) is 2.76. The molecule has 1 aliphatic heterocycles. The van der Waals surface area contributed by atoms with Crippen LogP contribution in [0, 0.1) is 0 Å². The fraction of sp³-hybridized carbons (Fsp3) is 0. The van der Waals surface area contributed by atoms with Gasteiger partial charge < -0.3 is 5.11 Å². The van der Waals surface area contributed by atoms with Crippen LogP contribution in [-0.4, -0.2) is 26.9 Å². The number of hydrogen-bond donors (Lipinski definition) is 3. The smallest absolute Gasteiger partial charge is 0.327 e. The number of imidazole rings is 1. The zero-order chi connectivity index (χ0) is 15.4. The van der Waals surface area contributed by atoms with Crippen molar-refractivity contribution < 1.29 is 14.7 Å². The number of rotatable bonds is 1. The van der Waals surface area contributed by atoms with Crippen molar-refractivity contribution in [1.82, 2.24) is 9.97 Å². The number of amides is 2. The van der Waals surface area contributed by atoms with E-state index in [2.05, 4.69) is 9.97 Å². The van der Waals surface area contributed by atoms with Crippen molar-refractivity contribution >= 4 is 28.4 Å². The number of aromatic nitrogens is 2. The normalized spacial score (nSPS) is 13.9. The van der Waals surface area contributed by atoms with E-state index in [1.165, 1.54) is 0 Å². The fourth-order valence-electron chi connectivity index (χ4n) is 2.76. The van der Waals surface area contributed by atoms with Gasteiger partial charge in [0.1, 0.15) is 0 Å². The topological polar surface area (TPSA) is 106 Å². The Balaban J connectivity index is 2.04. The van der Waals surface area contributed by atoms with Crippen molar-refractivity contribution in [2.45, 2.75) is 0 Å². The molecule has 2 heterocycles. The minimum absolute atomic E-state index is 0.258. The summed E-state index contributed by atoms with van der Waals surface area (Å²) < 4.78 is 0. The molecule has 7 nitrogen and oxygen atoms in total. The molecule has 0 unspecified atom stereocenters. The van der Waals surface area contributed by atoms with Crippen LogP contribution in [0.25, 0.3) is 10.8 Å². The summed E-state index contributed by atoms with van der Waals surface area (Å²) in [6, 6.07) is 10.3. The molecular formula is C15H9N3O4. The molecule has 0 fully saturated rings. The van der Waals surface area contributed by atoms with Gasteiger partial charge in [-0.15, -0.1) is 0 Å². The van der Waals surface area contributed by atoms with Crippen LogP contribution in [0.5, 0.6) is 5.88 Å². The highest BCUT2D eigenvalue weighted by Gasteiger charge is 2.36. The van der Waals surface area contributed by atoms with Crippen LogP contribution in [0.15, 0.2) is 41.2 Å². The Labute approximate surface area is 122 Å². The predicted octanol–water partition coefficient (Wildman–Crippen LogP) is 1.36. The van der Waals surface area contributed by atoms with Crippen molar-refractivity contribution in [3.8, 4) is 5.88 Å². The zero-order valence-electron chi connectivity index (χ0n) is 11.1. The van der Waals surface area contributed by atoms with E-state index < -0.39 is 23.4 Å². The number of carbonyl (C=O) groups excluding carboxylic acids is 2. The molecule has 0 aliphatic carbocycles. The first kappa shape index (κ1) is 12.4. The van der Waals surface area contributed by atoms with E-state index in [0.717, 1.165) is 10.3 Å². The van der Waals surface area contributed by atoms with Gasteiger partial charge in [-0.05, 0) is 17.5 Å². The molecule has 2 amide bonds. The Morgan fingerprint density at radius 1 is 0.864 bits per heavy atom. The number of anilines is 1. The van der Waals surface area contributed by atoms with Gasteiger partial charge in [0.15, 0.2) is 5.82 Å². The maximum Gasteiger partial charge on any atom is 0.327 e. The van der Waals surface area contributed by atoms with Crippen molar-refractivity contribution in [3.05, 3.63) is 58.0 Å². The lowest BCUT2D eigenvalue weighted by molar-refractivity contribution is 0.0891. The maximum absolute atomic E-state index is 12.6. The van der Waals surface area contributed by atoms with Crippen molar-refractivity contribution in [2.24, 2.45) is 0 Å². The molecule has 22 heavy (non-hydrogen) atoms. The lowest BCUT2D eigenvalue weighted by Crippen LogP contribution is -2.40. The molecule has 108 valence electrons. The number of aromatic hydroxyl groups is 1. The number of hydrogen-bond acceptors (Lipinski definition) is 4. The van der Waals surface area contributed by atoms with Crippen LogP contribution in [0.2, 0.25) is 0 Å². The average Bonchev–Trinajstić information content (AvgIpc) is 2.83. The van der Waals surface area contributed by atoms with Gasteiger partial charge >= 0.3 is 5.69 Å². The monoisotopic (exact) mass is 295 g/mol. The van der Waals surface area contributed by atoms with Gasteiger partial charge in [0, 0.05) is 16.5 Å². The summed E-state index contributed by atoms with van der Waals surface area (Å²) in [7, 11) is 0. The Morgan fingerprint density at radius 2 is 1.45 bits per heavy atom. The molecule has 0 saturated heterocycles. The summed E-state index contributed by atoms with van der Waals surface area (Å²) in [5.74, 6) is -2.01. The number of imide groups is 1. The molecule has 0 atom stereocenters. The first-order chi connectivity index (χ1) is 10.6. The number of benzene rings is 2. The van der Waals surface area contributed by atoms with Crippen molar-refractivity contribution in [2.75, 3.05) is 4.90 Å². The number of nitrogens with zero attached hydrogens (tertiary/aromatic N) is 1. The average molecular weight is 295 g/mol. The number of aromatic amines is 2. The van der Waals surface area contributed by atoms with Crippen LogP contribution in [0.1, 0.15) is 20.7 Å². The summed E-state index contributed by atoms with van der Waals surface area (Å²) >= 11 is 0. The highest BCUT2D eigenvalue weighted by molar-refractivity contribution is 6.35. The Bertz CT molecular complexity index is 964. The largest absolute Gasteiger partial charge is 0.492 e. The highest BCUT2D eigenvalue weighted by Crippen LogP contribution is 2.33. The second-order valence-electron chi connectivity index (χ2n) is 4.93. The third-order valence-corrected chi connectivity index (χ3v) is 3.68. The summed E-state index contributed by atoms with van der Waals surface area (Å²) in [5.41, 5.74) is -0.0199. The Hall–Kier alpha value is -3.35. The van der Waals surface area contributed by atoms with Gasteiger partial charge in [-0.25, -0.2) is 9.69 Å². The van der Waals surface area contributed by atoms with Gasteiger partial charge in [-0.1, -0.05) is 24.3 Å². The van der Waals surface area contributed by atoms with E-state index >= 15 is 0 Å². The van der Waals surface area contributed by atoms with Crippen LogP contribution in [0.3, 0.4) is 0 Å². The molecule has 3 N–H and O–H groups in total. The third-order valence-electron chi connectivity index (χ3n) is 3.68. The summed E-state index contributed by atoms with van der Waals surface area (Å²) in [6.45, 7) is 0. The standard InChI is InChI=1S/C15H9N3O4/c19-12-11(16-15(22)17-12)18-13(20)8-5-1-3-7-4-2-6-9(10(7)8)14(18)21/h1-6,19H,(H2,16,17,22). The number of nitrogens with one attached hydrogen (secondary N) is 2. The van der Waals surface area contributed by atoms with Crippen LogP contribution < -0.4 is 10.6 Å². The van der Waals surface area contributed by atoms with E-state index in [-0.39, 0.29) is 5.82 Å². The van der Waals surface area contributed by atoms with Gasteiger partial charge in [0.25, 0.3) is 11.8 Å². The minimum atomic E-state index is -0.704. The second-order valence-corrected chi connectivity index (χ2v) is 4.93. The third kappa shape index (κ3) is 1.47. The maximum atomic E-state index is 12.6. The Kier molecular flexibility index (Phi) is 2.30. The van der Waals surface area contributed by atoms with Gasteiger partial charge in [-0.3, -0.25) is 19.6 Å². The summed E-state index contributed by atoms with van der Waals surface area (Å²) in [4.78, 5) is 41.7. The van der Waals surface area contributed by atoms with E-state index in [1.807, 2.05) is 12.1 Å². The van der Waals surface area contributed by atoms with Crippen molar-refractivity contribution in [3.63, 3.8) is 0 Å². The van der Waals surface area contributed by atoms with E-state index in [0.29, 0.717) is 16.5 Å². The summed E-state index contributed by atoms with van der Waals surface area (Å²) in [5, 5.41) is 11.1. The molecule has 7 heteroatoms. The zero-order valence-corrected chi connectivity index (χ0v) is 11.1. The van der Waals surface area contributed by atoms with E-state index in [9.17, 15) is 19.5 Å². The molecular weight excluding hydrogens is 286 g/mol. The van der Waals surface area contributed by atoms with Crippen LogP contribution in [-0.2, 0) is 0 Å². The minimum Gasteiger partial charge on any atom is -0.492 e. The van der Waals surface area contributed by atoms with E-state index in [4.69, 9.17) is 0 Å². The SMILES string of the molecule is O=C1c2cccc3cccc(c23)C(=O)N1c1[nH]c(=O)[nH]c1O. The molecule has 0 radical (unpaired) electrons. The molecule has 2 aromatic carbocycles. The molecule has 0 bridgehead atoms. The number of carbonyl (C=O) groups is 2. The molecule has 1 aromatic heterocycles. The Morgan fingerprint density at radius 3 is 1.95 bits per heavy atom. The lowest BCUT2D eigenvalue weighted by Gasteiger charge is -2.25. The van der Waals surface area contributed by atoms with Gasteiger partial charge in [-0.2, -0.15) is 0 Å². The predicted molar refractivity (Wildman–Crippen MR) is 78.2 cm³/mol. The van der Waals surface area contributed by atoms with Crippen molar-refractivity contribution in [1.29, 1.82) is 0 Å². The quantitative estimate of drug-likeness (QED) is 0.589. The molecule has 0 saturated carbocycles. The van der Waals surface area contributed by atoms with Crippen LogP contribution in [0.4, 0.5) is 5.82 Å². The molecule has 3 aromatic rings. The second kappa shape index (κ2) is 4.08. The molecule has 4 rings (SSSR count). The number of H-pyrrole nitrogens is 2. The molecule has 1 aliphatic rings. The van der Waals surface area contributed by atoms with Crippen LogP contribution >= 0.6 is 0 Å². The first-order valence-electron chi connectivity index (χ1n) is 6.49.